The highest BCUT2D eigenvalue weighted by atomic mass is 32.2. The number of fused-ring (bicyclic) bond motifs is 1. The third-order valence-electron chi connectivity index (χ3n) is 4.54. The van der Waals surface area contributed by atoms with E-state index in [2.05, 4.69) is 20.7 Å². The van der Waals surface area contributed by atoms with Crippen LogP contribution in [0.5, 0.6) is 0 Å². The zero-order chi connectivity index (χ0) is 15.6. The Labute approximate surface area is 131 Å². The van der Waals surface area contributed by atoms with Crippen LogP contribution in [-0.4, -0.2) is 56.9 Å². The van der Waals surface area contributed by atoms with Crippen LogP contribution in [0.4, 0.5) is 0 Å². The minimum absolute atomic E-state index is 0.0109. The second-order valence-corrected chi connectivity index (χ2v) is 8.09. The van der Waals surface area contributed by atoms with Crippen molar-refractivity contribution in [3.05, 3.63) is 30.1 Å². The second kappa shape index (κ2) is 6.62. The van der Waals surface area contributed by atoms with Crippen LogP contribution in [0.15, 0.2) is 24.4 Å². The highest BCUT2D eigenvalue weighted by molar-refractivity contribution is 7.88. The SMILES string of the molecule is CS(=O)(=O)NC[C@@H]1OC[C@H]2CN(Cc3ccccn3)CC[C@H]21. The minimum atomic E-state index is -3.15. The summed E-state index contributed by atoms with van der Waals surface area (Å²) in [5.74, 6) is 0.943. The van der Waals surface area contributed by atoms with Crippen molar-refractivity contribution in [2.24, 2.45) is 11.8 Å². The number of rotatable bonds is 5. The molecule has 0 aliphatic carbocycles. The predicted octanol–water partition coefficient (Wildman–Crippen LogP) is 0.468. The van der Waals surface area contributed by atoms with Crippen molar-refractivity contribution in [2.75, 3.05) is 32.5 Å². The number of hydrogen-bond acceptors (Lipinski definition) is 5. The zero-order valence-corrected chi connectivity index (χ0v) is 13.6. The third kappa shape index (κ3) is 4.04. The number of piperidine rings is 1. The Morgan fingerprint density at radius 3 is 3.05 bits per heavy atom. The molecular weight excluding hydrogens is 302 g/mol. The van der Waals surface area contributed by atoms with Gasteiger partial charge in [0.25, 0.3) is 0 Å². The summed E-state index contributed by atoms with van der Waals surface area (Å²) in [6, 6.07) is 6.00. The van der Waals surface area contributed by atoms with Gasteiger partial charge in [-0.3, -0.25) is 9.88 Å². The van der Waals surface area contributed by atoms with Gasteiger partial charge in [0.15, 0.2) is 0 Å². The first-order valence-corrected chi connectivity index (χ1v) is 9.59. The van der Waals surface area contributed by atoms with Crippen molar-refractivity contribution >= 4 is 10.0 Å². The molecule has 0 saturated carbocycles. The fraction of sp³-hybridized carbons (Fsp3) is 0.667. The monoisotopic (exact) mass is 325 g/mol. The molecule has 1 aromatic rings. The summed E-state index contributed by atoms with van der Waals surface area (Å²) in [5.41, 5.74) is 1.09. The van der Waals surface area contributed by atoms with Crippen molar-refractivity contribution in [3.8, 4) is 0 Å². The maximum absolute atomic E-state index is 11.2. The molecule has 122 valence electrons. The van der Waals surface area contributed by atoms with Gasteiger partial charge in [-0.1, -0.05) is 6.07 Å². The van der Waals surface area contributed by atoms with E-state index in [-0.39, 0.29) is 6.10 Å². The van der Waals surface area contributed by atoms with Crippen LogP contribution in [0.1, 0.15) is 12.1 Å². The van der Waals surface area contributed by atoms with Crippen LogP contribution in [0.25, 0.3) is 0 Å². The Hall–Kier alpha value is -1.02. The van der Waals surface area contributed by atoms with Crippen molar-refractivity contribution in [1.82, 2.24) is 14.6 Å². The number of sulfonamides is 1. The molecule has 3 atom stereocenters. The van der Waals surface area contributed by atoms with E-state index in [0.717, 1.165) is 38.4 Å². The summed E-state index contributed by atoms with van der Waals surface area (Å²) in [6.07, 6.45) is 4.08. The van der Waals surface area contributed by atoms with Gasteiger partial charge in [-0.15, -0.1) is 0 Å². The van der Waals surface area contributed by atoms with Crippen LogP contribution in [0, 0.1) is 11.8 Å². The first kappa shape index (κ1) is 15.9. The normalized spacial score (nSPS) is 29.4. The number of ether oxygens (including phenoxy) is 1. The van der Waals surface area contributed by atoms with Gasteiger partial charge >= 0.3 is 0 Å². The lowest BCUT2D eigenvalue weighted by Gasteiger charge is -2.35. The van der Waals surface area contributed by atoms with E-state index in [9.17, 15) is 8.42 Å². The average Bonchev–Trinajstić information content (AvgIpc) is 2.88. The molecule has 2 fully saturated rings. The predicted molar refractivity (Wildman–Crippen MR) is 83.7 cm³/mol. The quantitative estimate of drug-likeness (QED) is 0.852. The fourth-order valence-corrected chi connectivity index (χ4v) is 3.94. The molecule has 0 amide bonds. The van der Waals surface area contributed by atoms with Gasteiger partial charge < -0.3 is 4.74 Å². The maximum Gasteiger partial charge on any atom is 0.208 e. The number of nitrogens with zero attached hydrogens (tertiary/aromatic N) is 2. The van der Waals surface area contributed by atoms with Gasteiger partial charge in [-0.25, -0.2) is 13.1 Å². The van der Waals surface area contributed by atoms with Gasteiger partial charge in [0.05, 0.1) is 24.7 Å². The number of hydrogen-bond donors (Lipinski definition) is 1. The number of likely N-dealkylation sites (tertiary alicyclic amines) is 1. The lowest BCUT2D eigenvalue weighted by atomic mass is 9.84. The van der Waals surface area contributed by atoms with Crippen LogP contribution >= 0.6 is 0 Å². The van der Waals surface area contributed by atoms with Crippen molar-refractivity contribution in [3.63, 3.8) is 0 Å². The molecular formula is C15H23N3O3S. The topological polar surface area (TPSA) is 71.5 Å². The molecule has 0 spiro atoms. The summed E-state index contributed by atoms with van der Waals surface area (Å²) in [4.78, 5) is 6.80. The molecule has 0 unspecified atom stereocenters. The van der Waals surface area contributed by atoms with Gasteiger partial charge in [-0.05, 0) is 31.0 Å². The molecule has 2 saturated heterocycles. The molecule has 22 heavy (non-hydrogen) atoms. The molecule has 2 aliphatic heterocycles. The summed E-state index contributed by atoms with van der Waals surface area (Å²) in [6.45, 7) is 3.99. The Balaban J connectivity index is 1.53. The van der Waals surface area contributed by atoms with Crippen molar-refractivity contribution in [1.29, 1.82) is 0 Å². The standard InChI is InChI=1S/C15H23N3O3S/c1-22(19,20)17-8-15-14-5-7-18(9-12(14)11-21-15)10-13-4-2-3-6-16-13/h2-4,6,12,14-15,17H,5,7-11H2,1H3/t12-,14-,15+/m1/s1. The van der Waals surface area contributed by atoms with E-state index >= 15 is 0 Å². The minimum Gasteiger partial charge on any atom is -0.376 e. The van der Waals surface area contributed by atoms with Gasteiger partial charge in [0, 0.05) is 31.7 Å². The molecule has 0 radical (unpaired) electrons. The molecule has 1 aromatic heterocycles. The van der Waals surface area contributed by atoms with Crippen LogP contribution < -0.4 is 4.72 Å². The number of nitrogens with one attached hydrogen (secondary N) is 1. The smallest absolute Gasteiger partial charge is 0.208 e. The van der Waals surface area contributed by atoms with Crippen molar-refractivity contribution in [2.45, 2.75) is 19.1 Å². The van der Waals surface area contributed by atoms with Gasteiger partial charge in [0.2, 0.25) is 10.0 Å². The average molecular weight is 325 g/mol. The second-order valence-electron chi connectivity index (χ2n) is 6.26. The third-order valence-corrected chi connectivity index (χ3v) is 5.23. The molecule has 2 aliphatic rings. The number of aromatic nitrogens is 1. The molecule has 7 heteroatoms. The fourth-order valence-electron chi connectivity index (χ4n) is 3.47. The number of pyridine rings is 1. The largest absolute Gasteiger partial charge is 0.376 e. The Morgan fingerprint density at radius 1 is 1.45 bits per heavy atom. The zero-order valence-electron chi connectivity index (χ0n) is 12.8. The summed E-state index contributed by atoms with van der Waals surface area (Å²) in [7, 11) is -3.15. The Morgan fingerprint density at radius 2 is 2.32 bits per heavy atom. The molecule has 3 rings (SSSR count). The molecule has 6 nitrogen and oxygen atoms in total. The van der Waals surface area contributed by atoms with Gasteiger partial charge in [-0.2, -0.15) is 0 Å². The first-order valence-electron chi connectivity index (χ1n) is 7.70. The van der Waals surface area contributed by atoms with E-state index in [0.29, 0.717) is 18.4 Å². The maximum atomic E-state index is 11.2. The Kier molecular flexibility index (Phi) is 4.77. The molecule has 1 N–H and O–H groups in total. The van der Waals surface area contributed by atoms with Crippen LogP contribution in [0.2, 0.25) is 0 Å². The van der Waals surface area contributed by atoms with E-state index in [1.54, 1.807) is 0 Å². The van der Waals surface area contributed by atoms with E-state index in [1.807, 2.05) is 18.3 Å². The molecule has 3 heterocycles. The lowest BCUT2D eigenvalue weighted by molar-refractivity contribution is 0.0884. The summed E-state index contributed by atoms with van der Waals surface area (Å²) in [5, 5.41) is 0. The summed E-state index contributed by atoms with van der Waals surface area (Å²) >= 11 is 0. The first-order chi connectivity index (χ1) is 10.5. The van der Waals surface area contributed by atoms with Gasteiger partial charge in [0.1, 0.15) is 0 Å². The van der Waals surface area contributed by atoms with Crippen LogP contribution in [0.3, 0.4) is 0 Å². The van der Waals surface area contributed by atoms with E-state index in [4.69, 9.17) is 4.74 Å². The highest BCUT2D eigenvalue weighted by Crippen LogP contribution is 2.34. The molecule has 0 aromatic carbocycles. The summed E-state index contributed by atoms with van der Waals surface area (Å²) < 4.78 is 30.8. The highest BCUT2D eigenvalue weighted by Gasteiger charge is 2.40. The van der Waals surface area contributed by atoms with Crippen molar-refractivity contribution < 1.29 is 13.2 Å². The molecule has 0 bridgehead atoms. The Bertz CT molecular complexity index is 593. The van der Waals surface area contributed by atoms with E-state index < -0.39 is 10.0 Å². The van der Waals surface area contributed by atoms with E-state index in [1.165, 1.54) is 6.26 Å². The van der Waals surface area contributed by atoms with Crippen LogP contribution in [-0.2, 0) is 21.3 Å². The lowest BCUT2D eigenvalue weighted by Crippen LogP contribution is -2.43.